The van der Waals surface area contributed by atoms with Crippen molar-refractivity contribution >= 4 is 28.6 Å². The van der Waals surface area contributed by atoms with Gasteiger partial charge in [0.25, 0.3) is 5.56 Å². The number of hydrogen-bond donors (Lipinski definition) is 1. The van der Waals surface area contributed by atoms with Crippen LogP contribution in [0.3, 0.4) is 0 Å². The third-order valence-corrected chi connectivity index (χ3v) is 7.08. The largest absolute Gasteiger partial charge is 0.461 e. The molecular weight excluding hydrogens is 407 g/mol. The molecule has 0 radical (unpaired) electrons. The fourth-order valence-electron chi connectivity index (χ4n) is 4.39. The molecule has 2 aliphatic heterocycles. The molecule has 1 N–H and O–H groups in total. The molecule has 0 aliphatic carbocycles. The van der Waals surface area contributed by atoms with Gasteiger partial charge in [0.15, 0.2) is 0 Å². The molecule has 0 saturated carbocycles. The first kappa shape index (κ1) is 19.3. The molecule has 0 atom stereocenters. The van der Waals surface area contributed by atoms with Gasteiger partial charge in [-0.1, -0.05) is 0 Å². The van der Waals surface area contributed by atoms with Gasteiger partial charge in [0.1, 0.15) is 12.4 Å². The van der Waals surface area contributed by atoms with E-state index in [4.69, 9.17) is 9.72 Å². The van der Waals surface area contributed by atoms with Crippen LogP contribution < -0.4 is 5.56 Å². The van der Waals surface area contributed by atoms with Gasteiger partial charge in [-0.25, -0.2) is 9.37 Å². The molecule has 0 fully saturated rings. The Labute approximate surface area is 175 Å². The number of aromatic nitrogens is 2. The zero-order valence-corrected chi connectivity index (χ0v) is 17.4. The van der Waals surface area contributed by atoms with Gasteiger partial charge in [-0.3, -0.25) is 9.59 Å². The normalized spacial score (nSPS) is 14.0. The fourth-order valence-corrected chi connectivity index (χ4v) is 5.58. The summed E-state index contributed by atoms with van der Waals surface area (Å²) in [5.74, 6) is 0.0635. The minimum Gasteiger partial charge on any atom is -0.461 e. The molecule has 0 unspecified atom stereocenters. The van der Waals surface area contributed by atoms with Crippen molar-refractivity contribution in [1.82, 2.24) is 9.55 Å². The van der Waals surface area contributed by atoms with Gasteiger partial charge in [0.2, 0.25) is 0 Å². The van der Waals surface area contributed by atoms with Crippen LogP contribution in [0.5, 0.6) is 0 Å². The molecule has 154 valence electrons. The summed E-state index contributed by atoms with van der Waals surface area (Å²) in [6.07, 6.45) is 0.819. The molecule has 0 bridgehead atoms. The molecule has 0 spiro atoms. The van der Waals surface area contributed by atoms with E-state index in [1.807, 2.05) is 0 Å². The zero-order chi connectivity index (χ0) is 21.2. The Morgan fingerprint density at radius 2 is 2.17 bits per heavy atom. The predicted octanol–water partition coefficient (Wildman–Crippen LogP) is 3.08. The third-order valence-electron chi connectivity index (χ3n) is 5.87. The van der Waals surface area contributed by atoms with E-state index < -0.39 is 5.97 Å². The van der Waals surface area contributed by atoms with Crippen LogP contribution in [-0.4, -0.2) is 26.4 Å². The Morgan fingerprint density at radius 3 is 2.90 bits per heavy atom. The van der Waals surface area contributed by atoms with Crippen LogP contribution in [0.2, 0.25) is 0 Å². The first-order valence-corrected chi connectivity index (χ1v) is 10.7. The second-order valence-corrected chi connectivity index (χ2v) is 8.69. The van der Waals surface area contributed by atoms with Gasteiger partial charge in [0.05, 0.1) is 35.6 Å². The number of rotatable bonds is 3. The Bertz CT molecular complexity index is 1320. The molecule has 3 aromatic rings. The fraction of sp³-hybridized carbons (Fsp3) is 0.318. The van der Waals surface area contributed by atoms with Crippen LogP contribution >= 0.6 is 11.8 Å². The van der Waals surface area contributed by atoms with E-state index in [9.17, 15) is 19.1 Å². The molecule has 0 saturated heterocycles. The minimum absolute atomic E-state index is 0.186. The average molecular weight is 426 g/mol. The van der Waals surface area contributed by atoms with Crippen LogP contribution in [0.25, 0.3) is 22.3 Å². The van der Waals surface area contributed by atoms with E-state index in [-0.39, 0.29) is 30.2 Å². The van der Waals surface area contributed by atoms with Crippen LogP contribution in [-0.2, 0) is 35.7 Å². The SMILES string of the molecule is CC(=O)OCc1c(CO)cc2n(c1=O)Cc1c-2nc2cc(F)c(C)c3c2c1CCS3. The number of esters is 1. The monoisotopic (exact) mass is 426 g/mol. The van der Waals surface area contributed by atoms with Crippen LogP contribution in [0, 0.1) is 12.7 Å². The molecule has 4 heterocycles. The molecule has 8 heteroatoms. The van der Waals surface area contributed by atoms with Crippen LogP contribution in [0.4, 0.5) is 4.39 Å². The second kappa shape index (κ2) is 6.92. The molecular formula is C22H19FN2O4S. The highest BCUT2D eigenvalue weighted by molar-refractivity contribution is 7.99. The van der Waals surface area contributed by atoms with E-state index >= 15 is 0 Å². The van der Waals surface area contributed by atoms with Gasteiger partial charge >= 0.3 is 5.97 Å². The van der Waals surface area contributed by atoms with Crippen molar-refractivity contribution in [3.8, 4) is 11.4 Å². The number of carbonyl (C=O) groups is 1. The summed E-state index contributed by atoms with van der Waals surface area (Å²) in [6, 6.07) is 3.19. The number of aryl methyl sites for hydroxylation is 1. The maximum atomic E-state index is 14.5. The molecule has 6 nitrogen and oxygen atoms in total. The third kappa shape index (κ3) is 2.70. The van der Waals surface area contributed by atoms with E-state index in [0.29, 0.717) is 34.6 Å². The standard InChI is InChI=1S/C22H19FN2O4S/c1-10-16(23)6-17-19-13(3-4-30-21(10)19)14-7-25-18(20(14)24-17)5-12(8-26)15(22(25)28)9-29-11(2)27/h5-6,26H,3-4,7-9H2,1-2H3. The lowest BCUT2D eigenvalue weighted by Gasteiger charge is -2.21. The van der Waals surface area contributed by atoms with Crippen molar-refractivity contribution in [1.29, 1.82) is 0 Å². The number of fused-ring (bicyclic) bond motifs is 4. The number of benzene rings is 1. The average Bonchev–Trinajstić information content (AvgIpc) is 3.10. The predicted molar refractivity (Wildman–Crippen MR) is 111 cm³/mol. The number of thioether (sulfide) groups is 1. The maximum Gasteiger partial charge on any atom is 0.302 e. The number of pyridine rings is 2. The Balaban J connectivity index is 1.76. The van der Waals surface area contributed by atoms with Crippen molar-refractivity contribution in [2.75, 3.05) is 5.75 Å². The molecule has 5 rings (SSSR count). The number of ether oxygens (including phenoxy) is 1. The van der Waals surface area contributed by atoms with E-state index in [0.717, 1.165) is 33.6 Å². The number of halogens is 1. The Kier molecular flexibility index (Phi) is 4.44. The topological polar surface area (TPSA) is 81.4 Å². The summed E-state index contributed by atoms with van der Waals surface area (Å²) in [7, 11) is 0. The first-order chi connectivity index (χ1) is 14.4. The maximum absolute atomic E-state index is 14.5. The number of hydrogen-bond acceptors (Lipinski definition) is 6. The molecule has 0 amide bonds. The highest BCUT2D eigenvalue weighted by Crippen LogP contribution is 2.44. The molecule has 1 aromatic carbocycles. The minimum atomic E-state index is -0.494. The Hall–Kier alpha value is -2.71. The number of aliphatic hydroxyl groups excluding tert-OH is 1. The lowest BCUT2D eigenvalue weighted by atomic mass is 9.96. The number of carbonyl (C=O) groups excluding carboxylic acids is 1. The second-order valence-electron chi connectivity index (χ2n) is 7.59. The smallest absolute Gasteiger partial charge is 0.302 e. The quantitative estimate of drug-likeness (QED) is 0.507. The molecule has 2 aromatic heterocycles. The van der Waals surface area contributed by atoms with E-state index in [2.05, 4.69) is 0 Å². The van der Waals surface area contributed by atoms with E-state index in [1.54, 1.807) is 29.3 Å². The summed E-state index contributed by atoms with van der Waals surface area (Å²) in [4.78, 5) is 30.1. The van der Waals surface area contributed by atoms with Crippen LogP contribution in [0.1, 0.15) is 34.7 Å². The van der Waals surface area contributed by atoms with Gasteiger partial charge in [0, 0.05) is 34.6 Å². The number of aliphatic hydroxyl groups is 1. The highest BCUT2D eigenvalue weighted by Gasteiger charge is 2.30. The Morgan fingerprint density at radius 1 is 1.37 bits per heavy atom. The summed E-state index contributed by atoms with van der Waals surface area (Å²) in [6.45, 7) is 2.88. The van der Waals surface area contributed by atoms with Crippen molar-refractivity contribution in [3.05, 3.63) is 56.1 Å². The van der Waals surface area contributed by atoms with Gasteiger partial charge in [-0.15, -0.1) is 11.8 Å². The van der Waals surface area contributed by atoms with Crippen molar-refractivity contribution in [2.24, 2.45) is 0 Å². The van der Waals surface area contributed by atoms with Gasteiger partial charge in [-0.2, -0.15) is 0 Å². The summed E-state index contributed by atoms with van der Waals surface area (Å²) < 4.78 is 21.1. The van der Waals surface area contributed by atoms with Crippen molar-refractivity contribution in [3.63, 3.8) is 0 Å². The molecule has 2 aliphatic rings. The summed E-state index contributed by atoms with van der Waals surface area (Å²) in [5, 5.41) is 10.8. The summed E-state index contributed by atoms with van der Waals surface area (Å²) >= 11 is 1.64. The highest BCUT2D eigenvalue weighted by atomic mass is 32.2. The van der Waals surface area contributed by atoms with Gasteiger partial charge in [-0.05, 0) is 36.1 Å². The van der Waals surface area contributed by atoms with Crippen molar-refractivity contribution < 1.29 is 19.0 Å². The van der Waals surface area contributed by atoms with Gasteiger partial charge < -0.3 is 14.4 Å². The summed E-state index contributed by atoms with van der Waals surface area (Å²) in [5.41, 5.74) is 4.93. The number of nitrogens with zero attached hydrogens (tertiary/aromatic N) is 2. The lowest BCUT2D eigenvalue weighted by Crippen LogP contribution is -2.26. The zero-order valence-electron chi connectivity index (χ0n) is 16.5. The molecule has 30 heavy (non-hydrogen) atoms. The lowest BCUT2D eigenvalue weighted by molar-refractivity contribution is -0.142. The van der Waals surface area contributed by atoms with Crippen molar-refractivity contribution in [2.45, 2.75) is 44.9 Å². The van der Waals surface area contributed by atoms with Crippen LogP contribution in [0.15, 0.2) is 21.8 Å². The van der Waals surface area contributed by atoms with E-state index in [1.165, 1.54) is 13.0 Å². The first-order valence-electron chi connectivity index (χ1n) is 9.68.